The summed E-state index contributed by atoms with van der Waals surface area (Å²) in [5.41, 5.74) is 1.44. The zero-order chi connectivity index (χ0) is 19.4. The van der Waals surface area contributed by atoms with Gasteiger partial charge in [0, 0.05) is 23.8 Å². The number of nitrogens with one attached hydrogen (secondary N) is 1. The van der Waals surface area contributed by atoms with Gasteiger partial charge in [0.1, 0.15) is 5.56 Å². The number of carbonyl (C=O) groups is 2. The highest BCUT2D eigenvalue weighted by Gasteiger charge is 2.15. The minimum atomic E-state index is -0.489. The Labute approximate surface area is 156 Å². The van der Waals surface area contributed by atoms with Gasteiger partial charge in [-0.05, 0) is 50.2 Å². The van der Waals surface area contributed by atoms with Crippen LogP contribution >= 0.6 is 0 Å². The summed E-state index contributed by atoms with van der Waals surface area (Å²) in [6, 6.07) is 13.5. The molecule has 0 saturated heterocycles. The van der Waals surface area contributed by atoms with Crippen LogP contribution in [0.1, 0.15) is 34.6 Å². The fourth-order valence-electron chi connectivity index (χ4n) is 2.87. The van der Waals surface area contributed by atoms with Crippen molar-refractivity contribution < 1.29 is 14.3 Å². The number of pyridine rings is 1. The number of hydrogen-bond donors (Lipinski definition) is 1. The Morgan fingerprint density at radius 3 is 2.41 bits per heavy atom. The van der Waals surface area contributed by atoms with E-state index in [1.165, 1.54) is 0 Å². The van der Waals surface area contributed by atoms with Gasteiger partial charge >= 0.3 is 5.97 Å². The molecule has 1 aromatic heterocycles. The first-order valence-corrected chi connectivity index (χ1v) is 8.75. The molecule has 0 aliphatic heterocycles. The molecule has 2 aromatic carbocycles. The fraction of sp³-hybridized carbons (Fsp3) is 0.190. The van der Waals surface area contributed by atoms with Crippen LogP contribution in [-0.4, -0.2) is 23.1 Å². The Hall–Kier alpha value is -3.41. The zero-order valence-corrected chi connectivity index (χ0v) is 15.2. The van der Waals surface area contributed by atoms with Crippen molar-refractivity contribution >= 4 is 28.5 Å². The lowest BCUT2D eigenvalue weighted by molar-refractivity contribution is 0.0526. The van der Waals surface area contributed by atoms with E-state index in [0.717, 1.165) is 5.52 Å². The van der Waals surface area contributed by atoms with Gasteiger partial charge < -0.3 is 14.6 Å². The SMILES string of the molecule is CCOC(=O)c1ccc(NC(=O)c2cn(CC)c3ccccc3c2=O)cc1. The monoisotopic (exact) mass is 364 g/mol. The van der Waals surface area contributed by atoms with Gasteiger partial charge in [-0.3, -0.25) is 9.59 Å². The van der Waals surface area contributed by atoms with E-state index in [9.17, 15) is 14.4 Å². The number of carbonyl (C=O) groups excluding carboxylic acids is 2. The van der Waals surface area contributed by atoms with Crippen molar-refractivity contribution in [2.45, 2.75) is 20.4 Å². The van der Waals surface area contributed by atoms with Crippen molar-refractivity contribution in [3.63, 3.8) is 0 Å². The molecule has 0 spiro atoms. The molecular formula is C21H20N2O4. The molecule has 6 heteroatoms. The van der Waals surface area contributed by atoms with Crippen LogP contribution in [0.5, 0.6) is 0 Å². The number of ether oxygens (including phenoxy) is 1. The number of esters is 1. The molecule has 1 amide bonds. The first kappa shape index (κ1) is 18.4. The predicted molar refractivity (Wildman–Crippen MR) is 104 cm³/mol. The Bertz CT molecular complexity index is 1050. The molecule has 0 atom stereocenters. The molecule has 3 aromatic rings. The second kappa shape index (κ2) is 7.86. The Morgan fingerprint density at radius 2 is 1.74 bits per heavy atom. The summed E-state index contributed by atoms with van der Waals surface area (Å²) >= 11 is 0. The van der Waals surface area contributed by atoms with E-state index < -0.39 is 11.9 Å². The number of aryl methyl sites for hydroxylation is 1. The summed E-state index contributed by atoms with van der Waals surface area (Å²) in [6.45, 7) is 4.62. The van der Waals surface area contributed by atoms with Crippen molar-refractivity contribution in [3.8, 4) is 0 Å². The van der Waals surface area contributed by atoms with E-state index in [0.29, 0.717) is 29.8 Å². The van der Waals surface area contributed by atoms with Crippen LogP contribution in [0.3, 0.4) is 0 Å². The van der Waals surface area contributed by atoms with Gasteiger partial charge in [0.25, 0.3) is 5.91 Å². The van der Waals surface area contributed by atoms with E-state index in [4.69, 9.17) is 4.74 Å². The minimum absolute atomic E-state index is 0.0741. The average Bonchev–Trinajstić information content (AvgIpc) is 2.69. The lowest BCUT2D eigenvalue weighted by atomic mass is 10.1. The van der Waals surface area contributed by atoms with Crippen LogP contribution in [0.15, 0.2) is 59.5 Å². The lowest BCUT2D eigenvalue weighted by Crippen LogP contribution is -2.23. The van der Waals surface area contributed by atoms with Crippen molar-refractivity contribution in [3.05, 3.63) is 76.1 Å². The molecule has 3 rings (SSSR count). The van der Waals surface area contributed by atoms with Crippen molar-refractivity contribution in [2.24, 2.45) is 0 Å². The standard InChI is InChI=1S/C21H20N2O4/c1-3-23-13-17(19(24)16-7-5-6-8-18(16)23)20(25)22-15-11-9-14(10-12-15)21(26)27-4-2/h5-13H,3-4H2,1-2H3,(H,22,25). The van der Waals surface area contributed by atoms with Crippen LogP contribution in [0.4, 0.5) is 5.69 Å². The Morgan fingerprint density at radius 1 is 1.04 bits per heavy atom. The van der Waals surface area contributed by atoms with Gasteiger partial charge in [-0.25, -0.2) is 4.79 Å². The molecule has 138 valence electrons. The largest absolute Gasteiger partial charge is 0.462 e. The van der Waals surface area contributed by atoms with Gasteiger partial charge in [0.2, 0.25) is 5.43 Å². The first-order valence-electron chi connectivity index (χ1n) is 8.75. The highest BCUT2D eigenvalue weighted by molar-refractivity contribution is 6.06. The van der Waals surface area contributed by atoms with Crippen molar-refractivity contribution in [2.75, 3.05) is 11.9 Å². The smallest absolute Gasteiger partial charge is 0.338 e. The molecule has 1 heterocycles. The average molecular weight is 364 g/mol. The molecule has 6 nitrogen and oxygen atoms in total. The fourth-order valence-corrected chi connectivity index (χ4v) is 2.87. The van der Waals surface area contributed by atoms with E-state index >= 15 is 0 Å². The summed E-state index contributed by atoms with van der Waals surface area (Å²) in [6.07, 6.45) is 1.58. The zero-order valence-electron chi connectivity index (χ0n) is 15.2. The lowest BCUT2D eigenvalue weighted by Gasteiger charge is -2.12. The summed E-state index contributed by atoms with van der Waals surface area (Å²) in [5, 5.41) is 3.21. The number of para-hydroxylation sites is 1. The first-order chi connectivity index (χ1) is 13.0. The van der Waals surface area contributed by atoms with E-state index in [-0.39, 0.29) is 11.0 Å². The Balaban J connectivity index is 1.89. The van der Waals surface area contributed by atoms with E-state index in [1.807, 2.05) is 23.6 Å². The molecule has 1 N–H and O–H groups in total. The maximum absolute atomic E-state index is 12.7. The summed E-state index contributed by atoms with van der Waals surface area (Å²) in [4.78, 5) is 37.0. The number of aromatic nitrogens is 1. The highest BCUT2D eigenvalue weighted by atomic mass is 16.5. The number of amides is 1. The summed E-state index contributed by atoms with van der Waals surface area (Å²) in [5.74, 6) is -0.910. The maximum atomic E-state index is 12.7. The molecule has 0 aliphatic rings. The van der Waals surface area contributed by atoms with Crippen molar-refractivity contribution in [1.82, 2.24) is 4.57 Å². The molecule has 0 radical (unpaired) electrons. The third-order valence-electron chi connectivity index (χ3n) is 4.23. The second-order valence-corrected chi connectivity index (χ2v) is 5.93. The number of benzene rings is 2. The van der Waals surface area contributed by atoms with Gasteiger partial charge in [-0.2, -0.15) is 0 Å². The van der Waals surface area contributed by atoms with Crippen LogP contribution in [0.25, 0.3) is 10.9 Å². The number of fused-ring (bicyclic) bond motifs is 1. The molecule has 0 bridgehead atoms. The van der Waals surface area contributed by atoms with Crippen LogP contribution in [-0.2, 0) is 11.3 Å². The highest BCUT2D eigenvalue weighted by Crippen LogP contribution is 2.14. The molecule has 0 fully saturated rings. The van der Waals surface area contributed by atoms with Gasteiger partial charge in [-0.15, -0.1) is 0 Å². The normalized spacial score (nSPS) is 10.6. The number of nitrogens with zero attached hydrogens (tertiary/aromatic N) is 1. The van der Waals surface area contributed by atoms with Gasteiger partial charge in [0.05, 0.1) is 17.7 Å². The second-order valence-electron chi connectivity index (χ2n) is 5.93. The number of hydrogen-bond acceptors (Lipinski definition) is 4. The summed E-state index contributed by atoms with van der Waals surface area (Å²) < 4.78 is 6.80. The van der Waals surface area contributed by atoms with Gasteiger partial charge in [-0.1, -0.05) is 12.1 Å². The topological polar surface area (TPSA) is 77.4 Å². The molecule has 27 heavy (non-hydrogen) atoms. The Kier molecular flexibility index (Phi) is 5.35. The quantitative estimate of drug-likeness (QED) is 0.704. The van der Waals surface area contributed by atoms with E-state index in [2.05, 4.69) is 5.32 Å². The maximum Gasteiger partial charge on any atom is 0.338 e. The molecule has 0 unspecified atom stereocenters. The summed E-state index contributed by atoms with van der Waals surface area (Å²) in [7, 11) is 0. The number of anilines is 1. The minimum Gasteiger partial charge on any atom is -0.462 e. The van der Waals surface area contributed by atoms with Crippen LogP contribution in [0.2, 0.25) is 0 Å². The molecule has 0 saturated carbocycles. The van der Waals surface area contributed by atoms with Crippen molar-refractivity contribution in [1.29, 1.82) is 0 Å². The predicted octanol–water partition coefficient (Wildman–Crippen LogP) is 3.45. The van der Waals surface area contributed by atoms with E-state index in [1.54, 1.807) is 49.5 Å². The molecule has 0 aliphatic carbocycles. The number of rotatable bonds is 5. The third kappa shape index (κ3) is 3.74. The van der Waals surface area contributed by atoms with Crippen LogP contribution < -0.4 is 10.7 Å². The van der Waals surface area contributed by atoms with Crippen LogP contribution in [0, 0.1) is 0 Å². The van der Waals surface area contributed by atoms with Gasteiger partial charge in [0.15, 0.2) is 0 Å². The third-order valence-corrected chi connectivity index (χ3v) is 4.23. The molecular weight excluding hydrogens is 344 g/mol.